The van der Waals surface area contributed by atoms with Crippen LogP contribution in [0.1, 0.15) is 11.1 Å². The van der Waals surface area contributed by atoms with Crippen LogP contribution in [0.3, 0.4) is 0 Å². The molecule has 0 fully saturated rings. The zero-order chi connectivity index (χ0) is 16.6. The van der Waals surface area contributed by atoms with E-state index in [1.54, 1.807) is 0 Å². The van der Waals surface area contributed by atoms with Gasteiger partial charge in [-0.2, -0.15) is 26.3 Å². The van der Waals surface area contributed by atoms with E-state index < -0.39 is 45.1 Å². The number of nitrogen functional groups attached to an aromatic ring is 1. The van der Waals surface area contributed by atoms with E-state index in [1.165, 1.54) is 4.72 Å². The molecule has 0 unspecified atom stereocenters. The van der Waals surface area contributed by atoms with Crippen molar-refractivity contribution in [3.8, 4) is 0 Å². The molecule has 0 bridgehead atoms. The van der Waals surface area contributed by atoms with Crippen molar-refractivity contribution >= 4 is 15.7 Å². The van der Waals surface area contributed by atoms with Crippen molar-refractivity contribution in [3.05, 3.63) is 23.3 Å². The maximum atomic E-state index is 12.6. The second-order valence-electron chi connectivity index (χ2n) is 4.13. The van der Waals surface area contributed by atoms with Crippen LogP contribution in [-0.4, -0.2) is 21.1 Å². The minimum Gasteiger partial charge on any atom is -0.398 e. The van der Waals surface area contributed by atoms with Gasteiger partial charge in [-0.3, -0.25) is 0 Å². The summed E-state index contributed by atoms with van der Waals surface area (Å²) >= 11 is 0. The zero-order valence-corrected chi connectivity index (χ0v) is 11.2. The van der Waals surface area contributed by atoms with Gasteiger partial charge in [0.25, 0.3) is 0 Å². The Morgan fingerprint density at radius 3 is 2.10 bits per heavy atom. The Hall–Kier alpha value is -1.49. The number of alkyl halides is 6. The Bertz CT molecular complexity index is 636. The molecule has 3 N–H and O–H groups in total. The van der Waals surface area contributed by atoms with Crippen molar-refractivity contribution in [3.63, 3.8) is 0 Å². The molecule has 0 aliphatic rings. The maximum absolute atomic E-state index is 12.6. The molecule has 4 nitrogen and oxygen atoms in total. The lowest BCUT2D eigenvalue weighted by Gasteiger charge is -2.15. The van der Waals surface area contributed by atoms with Gasteiger partial charge in [0.1, 0.15) is 6.54 Å². The van der Waals surface area contributed by atoms with E-state index in [9.17, 15) is 34.8 Å². The van der Waals surface area contributed by atoms with Gasteiger partial charge in [-0.05, 0) is 24.6 Å². The molecule has 0 amide bonds. The van der Waals surface area contributed by atoms with Gasteiger partial charge in [0, 0.05) is 5.69 Å². The minimum absolute atomic E-state index is 0.240. The second kappa shape index (κ2) is 5.37. The Balaban J connectivity index is 3.32. The molecule has 0 atom stereocenters. The van der Waals surface area contributed by atoms with E-state index in [0.29, 0.717) is 6.07 Å². The van der Waals surface area contributed by atoms with E-state index in [4.69, 9.17) is 5.73 Å². The van der Waals surface area contributed by atoms with E-state index >= 15 is 0 Å². The van der Waals surface area contributed by atoms with Gasteiger partial charge in [-0.15, -0.1) is 0 Å². The van der Waals surface area contributed by atoms with Crippen LogP contribution >= 0.6 is 0 Å². The van der Waals surface area contributed by atoms with Crippen LogP contribution < -0.4 is 10.5 Å². The summed E-state index contributed by atoms with van der Waals surface area (Å²) in [5.41, 5.74) is 3.16. The molecule has 0 spiro atoms. The van der Waals surface area contributed by atoms with Gasteiger partial charge in [0.2, 0.25) is 10.0 Å². The van der Waals surface area contributed by atoms with E-state index in [1.807, 2.05) is 0 Å². The minimum atomic E-state index is -4.88. The molecule has 1 rings (SSSR count). The molecule has 21 heavy (non-hydrogen) atoms. The van der Waals surface area contributed by atoms with Gasteiger partial charge in [0.05, 0.1) is 10.5 Å². The van der Waals surface area contributed by atoms with Crippen LogP contribution in [0.25, 0.3) is 0 Å². The smallest absolute Gasteiger partial charge is 0.398 e. The molecule has 0 saturated carbocycles. The molecule has 0 aliphatic heterocycles. The first-order valence-electron chi connectivity index (χ1n) is 5.28. The number of hydrogen-bond donors (Lipinski definition) is 2. The number of nitrogens with two attached hydrogens (primary N) is 1. The number of halogens is 6. The Kier molecular flexibility index (Phi) is 4.49. The Morgan fingerprint density at radius 2 is 1.67 bits per heavy atom. The number of hydrogen-bond acceptors (Lipinski definition) is 3. The standard InChI is InChI=1S/C10H10F6N2O2S/c1-5-7(17)2-6(10(14,15)16)3-8(5)21(19,20)18-4-9(11,12)13/h2-3,18H,4,17H2,1H3. The van der Waals surface area contributed by atoms with Crippen molar-refractivity contribution in [1.29, 1.82) is 0 Å². The van der Waals surface area contributed by atoms with Gasteiger partial charge in [-0.1, -0.05) is 0 Å². The van der Waals surface area contributed by atoms with Crippen molar-refractivity contribution in [1.82, 2.24) is 4.72 Å². The van der Waals surface area contributed by atoms with Crippen molar-refractivity contribution in [2.24, 2.45) is 0 Å². The van der Waals surface area contributed by atoms with Gasteiger partial charge in [0.15, 0.2) is 0 Å². The average molecular weight is 336 g/mol. The SMILES string of the molecule is Cc1c(N)cc(C(F)(F)F)cc1S(=O)(=O)NCC(F)(F)F. The summed E-state index contributed by atoms with van der Waals surface area (Å²) < 4.78 is 98.4. The number of nitrogens with one attached hydrogen (secondary N) is 1. The summed E-state index contributed by atoms with van der Waals surface area (Å²) in [7, 11) is -4.78. The third kappa shape index (κ3) is 4.49. The number of rotatable bonds is 3. The molecule has 1 aromatic rings. The second-order valence-corrected chi connectivity index (χ2v) is 5.86. The Labute approximate surface area is 116 Å². The summed E-state index contributed by atoms with van der Waals surface area (Å²) in [5.74, 6) is 0. The fraction of sp³-hybridized carbons (Fsp3) is 0.400. The molecule has 0 radical (unpaired) electrons. The molecule has 1 aromatic carbocycles. The lowest BCUT2D eigenvalue weighted by molar-refractivity contribution is -0.137. The van der Waals surface area contributed by atoms with Crippen LogP contribution in [-0.2, 0) is 16.2 Å². The van der Waals surface area contributed by atoms with Gasteiger partial charge < -0.3 is 5.73 Å². The first-order valence-corrected chi connectivity index (χ1v) is 6.76. The van der Waals surface area contributed by atoms with E-state index in [0.717, 1.165) is 6.92 Å². The average Bonchev–Trinajstić information content (AvgIpc) is 2.27. The number of benzene rings is 1. The van der Waals surface area contributed by atoms with Gasteiger partial charge >= 0.3 is 12.4 Å². The third-order valence-electron chi connectivity index (χ3n) is 2.48. The number of anilines is 1. The predicted molar refractivity (Wildman–Crippen MR) is 61.8 cm³/mol. The summed E-state index contributed by atoms with van der Waals surface area (Å²) in [6, 6.07) is 0.752. The molecule has 120 valence electrons. The highest BCUT2D eigenvalue weighted by atomic mass is 32.2. The summed E-state index contributed by atoms with van der Waals surface area (Å²) in [5, 5.41) is 0. The van der Waals surface area contributed by atoms with Crippen molar-refractivity contribution < 1.29 is 34.8 Å². The molecule has 0 aromatic heterocycles. The van der Waals surface area contributed by atoms with E-state index in [2.05, 4.69) is 0 Å². The monoisotopic (exact) mass is 336 g/mol. The molecule has 11 heteroatoms. The van der Waals surface area contributed by atoms with Gasteiger partial charge in [-0.25, -0.2) is 13.1 Å². The van der Waals surface area contributed by atoms with Crippen LogP contribution in [0.15, 0.2) is 17.0 Å². The topological polar surface area (TPSA) is 72.2 Å². The quantitative estimate of drug-likeness (QED) is 0.658. The lowest BCUT2D eigenvalue weighted by Crippen LogP contribution is -2.34. The molecular formula is C10H10F6N2O2S. The highest BCUT2D eigenvalue weighted by Crippen LogP contribution is 2.34. The first kappa shape index (κ1) is 17.6. The molecule has 0 saturated heterocycles. The third-order valence-corrected chi connectivity index (χ3v) is 4.01. The normalized spacial score (nSPS) is 13.5. The van der Waals surface area contributed by atoms with Crippen molar-refractivity contribution in [2.75, 3.05) is 12.3 Å². The number of sulfonamides is 1. The van der Waals surface area contributed by atoms with E-state index in [-0.39, 0.29) is 11.6 Å². The Morgan fingerprint density at radius 1 is 1.14 bits per heavy atom. The van der Waals surface area contributed by atoms with Crippen LogP contribution in [0, 0.1) is 6.92 Å². The summed E-state index contributed by atoms with van der Waals surface area (Å²) in [6.07, 6.45) is -9.72. The fourth-order valence-electron chi connectivity index (χ4n) is 1.41. The van der Waals surface area contributed by atoms with Crippen molar-refractivity contribution in [2.45, 2.75) is 24.2 Å². The molecular weight excluding hydrogens is 326 g/mol. The molecule has 0 aliphatic carbocycles. The maximum Gasteiger partial charge on any atom is 0.416 e. The van der Waals surface area contributed by atoms with Crippen LogP contribution in [0.4, 0.5) is 32.0 Å². The highest BCUT2D eigenvalue weighted by Gasteiger charge is 2.35. The summed E-state index contributed by atoms with van der Waals surface area (Å²) in [6.45, 7) is -0.803. The summed E-state index contributed by atoms with van der Waals surface area (Å²) in [4.78, 5) is -0.945. The van der Waals surface area contributed by atoms with Crippen LogP contribution in [0.5, 0.6) is 0 Å². The predicted octanol–water partition coefficient (Wildman–Crippen LogP) is 2.44. The first-order chi connectivity index (χ1) is 9.24. The fourth-order valence-corrected chi connectivity index (χ4v) is 2.72. The highest BCUT2D eigenvalue weighted by molar-refractivity contribution is 7.89. The zero-order valence-electron chi connectivity index (χ0n) is 10.4. The lowest BCUT2D eigenvalue weighted by atomic mass is 10.1. The van der Waals surface area contributed by atoms with Crippen LogP contribution in [0.2, 0.25) is 0 Å². The molecule has 0 heterocycles. The largest absolute Gasteiger partial charge is 0.416 e.